The smallest absolute Gasteiger partial charge is 0.305 e. The molecule has 1 aromatic heterocycles. The lowest BCUT2D eigenvalue weighted by Gasteiger charge is -2.26. The van der Waals surface area contributed by atoms with E-state index in [2.05, 4.69) is 15.7 Å². The highest BCUT2D eigenvalue weighted by molar-refractivity contribution is 5.93. The summed E-state index contributed by atoms with van der Waals surface area (Å²) in [7, 11) is 0. The van der Waals surface area contributed by atoms with E-state index in [-0.39, 0.29) is 24.1 Å². The Hall–Kier alpha value is -3.65. The van der Waals surface area contributed by atoms with Gasteiger partial charge < -0.3 is 20.8 Å². The van der Waals surface area contributed by atoms with E-state index in [1.54, 1.807) is 10.7 Å². The monoisotopic (exact) mass is 464 g/mol. The Kier molecular flexibility index (Phi) is 7.73. The van der Waals surface area contributed by atoms with E-state index >= 15 is 0 Å². The molecule has 0 aliphatic carbocycles. The van der Waals surface area contributed by atoms with Crippen LogP contribution in [0.2, 0.25) is 0 Å². The van der Waals surface area contributed by atoms with Gasteiger partial charge in [-0.05, 0) is 35.6 Å². The van der Waals surface area contributed by atoms with Crippen LogP contribution in [0.25, 0.3) is 5.69 Å². The predicted octanol–water partition coefficient (Wildman–Crippen LogP) is 3.95. The molecule has 180 valence electrons. The molecule has 1 unspecified atom stereocenters. The predicted molar refractivity (Wildman–Crippen MR) is 131 cm³/mol. The van der Waals surface area contributed by atoms with Crippen LogP contribution in [0.15, 0.2) is 60.7 Å². The van der Waals surface area contributed by atoms with Gasteiger partial charge in [-0.25, -0.2) is 4.68 Å². The van der Waals surface area contributed by atoms with Gasteiger partial charge >= 0.3 is 5.97 Å². The van der Waals surface area contributed by atoms with Crippen molar-refractivity contribution in [3.63, 3.8) is 0 Å². The standard InChI is InChI=1S/C26H32N4O4/c1-17-10-8-9-13-19(17)20(15-24(32)33)28-25(34)21-14-23(27-16-22(31)26(2,3)4)30(29-21)18-11-6-5-7-12-18/h5-14,20,22,27,31H,15-16H2,1-4H3,(H,28,34)(H,32,33)/t20-,22?/m0/s1. The summed E-state index contributed by atoms with van der Waals surface area (Å²) >= 11 is 0. The first-order chi connectivity index (χ1) is 16.1. The molecule has 1 heterocycles. The first-order valence-corrected chi connectivity index (χ1v) is 11.2. The number of carbonyl (C=O) groups is 2. The fourth-order valence-electron chi connectivity index (χ4n) is 3.51. The lowest BCUT2D eigenvalue weighted by Crippen LogP contribution is -2.33. The van der Waals surface area contributed by atoms with Crippen molar-refractivity contribution in [2.24, 2.45) is 5.41 Å². The maximum Gasteiger partial charge on any atom is 0.305 e. The van der Waals surface area contributed by atoms with Gasteiger partial charge in [0.1, 0.15) is 5.82 Å². The number of carboxylic acid groups (broad SMARTS) is 1. The second kappa shape index (κ2) is 10.5. The number of aromatic nitrogens is 2. The van der Waals surface area contributed by atoms with Crippen LogP contribution in [0.3, 0.4) is 0 Å². The van der Waals surface area contributed by atoms with Crippen molar-refractivity contribution in [2.45, 2.75) is 46.3 Å². The van der Waals surface area contributed by atoms with Gasteiger partial charge in [-0.2, -0.15) is 5.10 Å². The summed E-state index contributed by atoms with van der Waals surface area (Å²) < 4.78 is 1.60. The van der Waals surface area contributed by atoms with Crippen LogP contribution >= 0.6 is 0 Å². The number of aliphatic hydroxyl groups is 1. The molecule has 1 amide bonds. The lowest BCUT2D eigenvalue weighted by atomic mass is 9.89. The SMILES string of the molecule is Cc1ccccc1[C@H](CC(=O)O)NC(=O)c1cc(NCC(O)C(C)(C)C)n(-c2ccccc2)n1. The number of nitrogens with one attached hydrogen (secondary N) is 2. The lowest BCUT2D eigenvalue weighted by molar-refractivity contribution is -0.137. The summed E-state index contributed by atoms with van der Waals surface area (Å²) in [5.74, 6) is -0.948. The number of anilines is 1. The van der Waals surface area contributed by atoms with Crippen LogP contribution in [0.1, 0.15) is 54.8 Å². The number of nitrogens with zero attached hydrogens (tertiary/aromatic N) is 2. The summed E-state index contributed by atoms with van der Waals surface area (Å²) in [4.78, 5) is 24.6. The number of aliphatic hydroxyl groups excluding tert-OH is 1. The largest absolute Gasteiger partial charge is 0.481 e. The highest BCUT2D eigenvalue weighted by atomic mass is 16.4. The Morgan fingerprint density at radius 1 is 1.06 bits per heavy atom. The van der Waals surface area contributed by atoms with Gasteiger partial charge in [-0.15, -0.1) is 0 Å². The number of aryl methyl sites for hydroxylation is 1. The highest BCUT2D eigenvalue weighted by Gasteiger charge is 2.25. The molecule has 2 aromatic carbocycles. The van der Waals surface area contributed by atoms with E-state index in [9.17, 15) is 19.8 Å². The molecule has 0 radical (unpaired) electrons. The van der Waals surface area contributed by atoms with Crippen LogP contribution < -0.4 is 10.6 Å². The molecule has 0 aliphatic rings. The number of hydrogen-bond acceptors (Lipinski definition) is 5. The minimum Gasteiger partial charge on any atom is -0.481 e. The number of amides is 1. The second-order valence-electron chi connectivity index (χ2n) is 9.41. The van der Waals surface area contributed by atoms with E-state index in [1.807, 2.05) is 82.3 Å². The van der Waals surface area contributed by atoms with E-state index in [0.29, 0.717) is 5.82 Å². The fourth-order valence-corrected chi connectivity index (χ4v) is 3.51. The molecule has 4 N–H and O–H groups in total. The first-order valence-electron chi connectivity index (χ1n) is 11.2. The van der Waals surface area contributed by atoms with Gasteiger partial charge in [0, 0.05) is 12.6 Å². The molecule has 0 saturated heterocycles. The summed E-state index contributed by atoms with van der Waals surface area (Å²) in [6, 6.07) is 17.6. The molecule has 0 spiro atoms. The van der Waals surface area contributed by atoms with Crippen molar-refractivity contribution in [3.05, 3.63) is 77.5 Å². The number of benzene rings is 2. The van der Waals surface area contributed by atoms with Crippen molar-refractivity contribution in [1.82, 2.24) is 15.1 Å². The Labute approximate surface area is 199 Å². The summed E-state index contributed by atoms with van der Waals surface area (Å²) in [5.41, 5.74) is 2.20. The Morgan fingerprint density at radius 2 is 1.71 bits per heavy atom. The molecule has 2 atom stereocenters. The van der Waals surface area contributed by atoms with Crippen molar-refractivity contribution in [1.29, 1.82) is 0 Å². The molecular weight excluding hydrogens is 432 g/mol. The maximum atomic E-state index is 13.2. The molecule has 34 heavy (non-hydrogen) atoms. The van der Waals surface area contributed by atoms with Crippen LogP contribution in [0, 0.1) is 12.3 Å². The van der Waals surface area contributed by atoms with Gasteiger partial charge in [0.15, 0.2) is 5.69 Å². The normalized spacial score (nSPS) is 13.2. The van der Waals surface area contributed by atoms with Crippen LogP contribution in [-0.2, 0) is 4.79 Å². The van der Waals surface area contributed by atoms with Crippen LogP contribution in [-0.4, -0.2) is 44.5 Å². The topological polar surface area (TPSA) is 116 Å². The van der Waals surface area contributed by atoms with Gasteiger partial charge in [-0.1, -0.05) is 63.2 Å². The van der Waals surface area contributed by atoms with Crippen molar-refractivity contribution < 1.29 is 19.8 Å². The van der Waals surface area contributed by atoms with Crippen LogP contribution in [0.5, 0.6) is 0 Å². The Bertz CT molecular complexity index is 1140. The maximum absolute atomic E-state index is 13.2. The van der Waals surface area contributed by atoms with Gasteiger partial charge in [0.2, 0.25) is 0 Å². The minimum atomic E-state index is -1.01. The molecule has 0 saturated carbocycles. The molecule has 8 heteroatoms. The Balaban J connectivity index is 1.90. The molecule has 3 aromatic rings. The number of para-hydroxylation sites is 1. The van der Waals surface area contributed by atoms with Crippen molar-refractivity contribution >= 4 is 17.7 Å². The zero-order chi connectivity index (χ0) is 24.9. The summed E-state index contributed by atoms with van der Waals surface area (Å²) in [6.45, 7) is 7.99. The number of carbonyl (C=O) groups excluding carboxylic acids is 1. The minimum absolute atomic E-state index is 0.139. The van der Waals surface area contributed by atoms with Gasteiger partial charge in [-0.3, -0.25) is 9.59 Å². The molecule has 8 nitrogen and oxygen atoms in total. The third-order valence-corrected chi connectivity index (χ3v) is 5.67. The van der Waals surface area contributed by atoms with Crippen molar-refractivity contribution in [2.75, 3.05) is 11.9 Å². The third kappa shape index (κ3) is 6.23. The van der Waals surface area contributed by atoms with Gasteiger partial charge in [0.05, 0.1) is 24.3 Å². The molecule has 0 bridgehead atoms. The molecular formula is C26H32N4O4. The first kappa shape index (κ1) is 25.0. The summed E-state index contributed by atoms with van der Waals surface area (Å²) in [5, 5.41) is 30.4. The highest BCUT2D eigenvalue weighted by Crippen LogP contribution is 2.24. The zero-order valence-electron chi connectivity index (χ0n) is 19.9. The van der Waals surface area contributed by atoms with Crippen molar-refractivity contribution in [3.8, 4) is 5.69 Å². The van der Waals surface area contributed by atoms with Crippen LogP contribution in [0.4, 0.5) is 5.82 Å². The number of aliphatic carboxylic acids is 1. The molecule has 0 aliphatic heterocycles. The second-order valence-corrected chi connectivity index (χ2v) is 9.41. The average Bonchev–Trinajstić information content (AvgIpc) is 3.21. The molecule has 0 fully saturated rings. The van der Waals surface area contributed by atoms with E-state index in [1.165, 1.54) is 0 Å². The van der Waals surface area contributed by atoms with E-state index in [0.717, 1.165) is 16.8 Å². The number of rotatable bonds is 9. The Morgan fingerprint density at radius 3 is 2.32 bits per heavy atom. The summed E-state index contributed by atoms with van der Waals surface area (Å²) in [6.07, 6.45) is -0.872. The van der Waals surface area contributed by atoms with Gasteiger partial charge in [0.25, 0.3) is 5.91 Å². The zero-order valence-corrected chi connectivity index (χ0v) is 19.9. The fraction of sp³-hybridized carbons (Fsp3) is 0.346. The quantitative estimate of drug-likeness (QED) is 0.381. The third-order valence-electron chi connectivity index (χ3n) is 5.67. The average molecular weight is 465 g/mol. The van der Waals surface area contributed by atoms with E-state index in [4.69, 9.17) is 0 Å². The molecule has 3 rings (SSSR count). The number of hydrogen-bond donors (Lipinski definition) is 4. The van der Waals surface area contributed by atoms with E-state index < -0.39 is 24.0 Å². The number of carboxylic acids is 1.